The van der Waals surface area contributed by atoms with Crippen molar-refractivity contribution in [1.29, 1.82) is 0 Å². The summed E-state index contributed by atoms with van der Waals surface area (Å²) in [5, 5.41) is 2.93. The number of nitrogens with one attached hydrogen (secondary N) is 3. The second-order valence-electron chi connectivity index (χ2n) is 6.93. The van der Waals surface area contributed by atoms with Gasteiger partial charge >= 0.3 is 6.18 Å². The molecule has 0 spiro atoms. The van der Waals surface area contributed by atoms with Crippen LogP contribution in [0.1, 0.15) is 18.4 Å². The van der Waals surface area contributed by atoms with Crippen molar-refractivity contribution in [3.63, 3.8) is 0 Å². The Morgan fingerprint density at radius 3 is 2.67 bits per heavy atom. The average molecular weight is 385 g/mol. The van der Waals surface area contributed by atoms with Crippen molar-refractivity contribution < 1.29 is 18.0 Å². The van der Waals surface area contributed by atoms with Crippen LogP contribution >= 0.6 is 0 Å². The lowest BCUT2D eigenvalue weighted by molar-refractivity contribution is -0.137. The number of carbonyl (C=O) groups is 1. The van der Waals surface area contributed by atoms with E-state index in [1.54, 1.807) is 6.07 Å². The molecule has 0 saturated carbocycles. The number of nitrogens with zero attached hydrogens (tertiary/aromatic N) is 2. The van der Waals surface area contributed by atoms with Crippen LogP contribution in [0.4, 0.5) is 18.9 Å². The summed E-state index contributed by atoms with van der Waals surface area (Å²) < 4.78 is 38.6. The standard InChI is InChI=1S/C18H26F3N5O/c19-18(20,21)14-3-1-4-15(13-14)26-11-9-25(10-12-26)8-2-6-22-17(27)16-5-7-23-24-16/h1,3-4,13,16,23-24H,2,5-12H2,(H,22,27). The quantitative estimate of drug-likeness (QED) is 0.643. The maximum Gasteiger partial charge on any atom is 0.416 e. The molecule has 1 atom stereocenters. The minimum absolute atomic E-state index is 0.0226. The number of alkyl halides is 3. The highest BCUT2D eigenvalue weighted by atomic mass is 19.4. The summed E-state index contributed by atoms with van der Waals surface area (Å²) in [7, 11) is 0. The number of anilines is 1. The van der Waals surface area contributed by atoms with Crippen molar-refractivity contribution in [2.24, 2.45) is 0 Å². The number of hydrogen-bond donors (Lipinski definition) is 3. The summed E-state index contributed by atoms with van der Waals surface area (Å²) in [5.41, 5.74) is 5.88. The molecule has 1 aromatic rings. The number of hydrazine groups is 1. The first-order valence-corrected chi connectivity index (χ1v) is 9.34. The van der Waals surface area contributed by atoms with Gasteiger partial charge in [0.1, 0.15) is 6.04 Å². The van der Waals surface area contributed by atoms with Crippen molar-refractivity contribution in [3.05, 3.63) is 29.8 Å². The molecule has 0 aromatic heterocycles. The monoisotopic (exact) mass is 385 g/mol. The highest BCUT2D eigenvalue weighted by Gasteiger charge is 2.31. The van der Waals surface area contributed by atoms with Crippen LogP contribution in [0.25, 0.3) is 0 Å². The van der Waals surface area contributed by atoms with Crippen LogP contribution in [0.5, 0.6) is 0 Å². The Morgan fingerprint density at radius 1 is 1.22 bits per heavy atom. The summed E-state index contributed by atoms with van der Waals surface area (Å²) in [5.74, 6) is 0.0226. The van der Waals surface area contributed by atoms with Gasteiger partial charge in [-0.1, -0.05) is 6.07 Å². The van der Waals surface area contributed by atoms with Crippen molar-refractivity contribution >= 4 is 11.6 Å². The maximum absolute atomic E-state index is 12.9. The summed E-state index contributed by atoms with van der Waals surface area (Å²) in [6, 6.07) is 5.36. The molecule has 1 aromatic carbocycles. The van der Waals surface area contributed by atoms with Gasteiger partial charge in [-0.25, -0.2) is 5.43 Å². The molecule has 2 saturated heterocycles. The first kappa shape index (κ1) is 19.9. The third-order valence-corrected chi connectivity index (χ3v) is 5.01. The van der Waals surface area contributed by atoms with Crippen LogP contribution in [0, 0.1) is 0 Å². The molecule has 150 valence electrons. The largest absolute Gasteiger partial charge is 0.416 e. The Morgan fingerprint density at radius 2 is 2.00 bits per heavy atom. The minimum Gasteiger partial charge on any atom is -0.369 e. The van der Waals surface area contributed by atoms with Gasteiger partial charge < -0.3 is 10.2 Å². The van der Waals surface area contributed by atoms with Gasteiger partial charge in [-0.05, 0) is 37.6 Å². The van der Waals surface area contributed by atoms with Crippen molar-refractivity contribution in [3.8, 4) is 0 Å². The molecular weight excluding hydrogens is 359 g/mol. The summed E-state index contributed by atoms with van der Waals surface area (Å²) in [6.45, 7) is 5.30. The molecule has 2 heterocycles. The molecule has 0 radical (unpaired) electrons. The van der Waals surface area contributed by atoms with Crippen molar-refractivity contribution in [2.45, 2.75) is 25.1 Å². The molecule has 3 rings (SSSR count). The second kappa shape index (κ2) is 8.90. The number of hydrogen-bond acceptors (Lipinski definition) is 5. The lowest BCUT2D eigenvalue weighted by Gasteiger charge is -2.36. The van der Waals surface area contributed by atoms with Gasteiger partial charge in [-0.2, -0.15) is 13.2 Å². The van der Waals surface area contributed by atoms with E-state index in [9.17, 15) is 18.0 Å². The predicted octanol–water partition coefficient (Wildman–Crippen LogP) is 1.20. The molecule has 2 aliphatic rings. The minimum atomic E-state index is -4.31. The fourth-order valence-electron chi connectivity index (χ4n) is 3.43. The number of halogens is 3. The van der Waals surface area contributed by atoms with E-state index in [-0.39, 0.29) is 11.9 Å². The van der Waals surface area contributed by atoms with Crippen LogP contribution in [-0.2, 0) is 11.0 Å². The highest BCUT2D eigenvalue weighted by Crippen LogP contribution is 2.31. The fourth-order valence-corrected chi connectivity index (χ4v) is 3.43. The van der Waals surface area contributed by atoms with E-state index in [2.05, 4.69) is 21.1 Å². The van der Waals surface area contributed by atoms with E-state index in [0.717, 1.165) is 45.1 Å². The third kappa shape index (κ3) is 5.57. The summed E-state index contributed by atoms with van der Waals surface area (Å²) in [6.07, 6.45) is -2.66. The molecule has 2 aliphatic heterocycles. The first-order valence-electron chi connectivity index (χ1n) is 9.34. The number of amides is 1. The molecule has 1 amide bonds. The Hall–Kier alpha value is -1.84. The average Bonchev–Trinajstić information content (AvgIpc) is 3.20. The lowest BCUT2D eigenvalue weighted by Crippen LogP contribution is -2.47. The molecule has 3 N–H and O–H groups in total. The molecule has 2 fully saturated rings. The number of piperazine rings is 1. The fraction of sp³-hybridized carbons (Fsp3) is 0.611. The number of rotatable bonds is 6. The summed E-state index contributed by atoms with van der Waals surface area (Å²) in [4.78, 5) is 16.2. The van der Waals surface area contributed by atoms with Crippen LogP contribution < -0.4 is 21.1 Å². The Bertz CT molecular complexity index is 626. The van der Waals surface area contributed by atoms with Gasteiger partial charge in [-0.3, -0.25) is 15.1 Å². The van der Waals surface area contributed by atoms with Crippen molar-refractivity contribution in [2.75, 3.05) is 50.7 Å². The zero-order chi connectivity index (χ0) is 19.3. The normalized spacial score (nSPS) is 21.4. The lowest BCUT2D eigenvalue weighted by atomic mass is 10.1. The SMILES string of the molecule is O=C(NCCCN1CCN(c2cccc(C(F)(F)F)c2)CC1)C1CCNN1. The van der Waals surface area contributed by atoms with Crippen LogP contribution in [0.3, 0.4) is 0 Å². The highest BCUT2D eigenvalue weighted by molar-refractivity contribution is 5.81. The number of carbonyl (C=O) groups excluding carboxylic acids is 1. The van der Waals surface area contributed by atoms with E-state index < -0.39 is 11.7 Å². The molecule has 1 unspecified atom stereocenters. The van der Waals surface area contributed by atoms with E-state index in [1.807, 2.05) is 4.90 Å². The molecule has 0 bridgehead atoms. The Labute approximate surface area is 157 Å². The maximum atomic E-state index is 12.9. The van der Waals surface area contributed by atoms with Crippen LogP contribution in [0.15, 0.2) is 24.3 Å². The van der Waals surface area contributed by atoms with Crippen molar-refractivity contribution in [1.82, 2.24) is 21.1 Å². The van der Waals surface area contributed by atoms with Gasteiger partial charge in [0.05, 0.1) is 5.56 Å². The molecule has 6 nitrogen and oxygen atoms in total. The van der Waals surface area contributed by atoms with E-state index >= 15 is 0 Å². The third-order valence-electron chi connectivity index (χ3n) is 5.01. The molecule has 27 heavy (non-hydrogen) atoms. The molecule has 9 heteroatoms. The zero-order valence-electron chi connectivity index (χ0n) is 15.2. The molecular formula is C18H26F3N5O. The van der Waals surface area contributed by atoms with Gasteiger partial charge in [0.25, 0.3) is 0 Å². The smallest absolute Gasteiger partial charge is 0.369 e. The van der Waals surface area contributed by atoms with E-state index in [0.29, 0.717) is 25.3 Å². The van der Waals surface area contributed by atoms with Gasteiger partial charge in [0.15, 0.2) is 0 Å². The van der Waals surface area contributed by atoms with E-state index in [4.69, 9.17) is 0 Å². The predicted molar refractivity (Wildman–Crippen MR) is 97.3 cm³/mol. The zero-order valence-corrected chi connectivity index (χ0v) is 15.2. The first-order chi connectivity index (χ1) is 12.9. The van der Waals surface area contributed by atoms with Gasteiger partial charge in [0, 0.05) is 45.0 Å². The summed E-state index contributed by atoms with van der Waals surface area (Å²) >= 11 is 0. The van der Waals surface area contributed by atoms with Gasteiger partial charge in [-0.15, -0.1) is 0 Å². The van der Waals surface area contributed by atoms with Gasteiger partial charge in [0.2, 0.25) is 5.91 Å². The van der Waals surface area contributed by atoms with Crippen LogP contribution in [0.2, 0.25) is 0 Å². The molecule has 0 aliphatic carbocycles. The second-order valence-corrected chi connectivity index (χ2v) is 6.93. The van der Waals surface area contributed by atoms with Crippen LogP contribution in [-0.4, -0.2) is 62.7 Å². The Kier molecular flexibility index (Phi) is 6.56. The topological polar surface area (TPSA) is 59.6 Å². The number of benzene rings is 1. The Balaban J connectivity index is 1.37. The van der Waals surface area contributed by atoms with E-state index in [1.165, 1.54) is 12.1 Å².